The summed E-state index contributed by atoms with van der Waals surface area (Å²) in [6.45, 7) is 1.82. The maximum atomic E-state index is 11.5. The first-order valence-electron chi connectivity index (χ1n) is 7.49. The molecule has 0 unspecified atom stereocenters. The Morgan fingerprint density at radius 2 is 1.96 bits per heavy atom. The maximum Gasteiger partial charge on any atom is 0.524 e. The molecule has 3 rings (SSSR count). The molecule has 26 heavy (non-hydrogen) atoms. The molecule has 9 heteroatoms. The predicted octanol–water partition coefficient (Wildman–Crippen LogP) is 3.02. The van der Waals surface area contributed by atoms with Crippen molar-refractivity contribution in [1.82, 2.24) is 0 Å². The van der Waals surface area contributed by atoms with Crippen LogP contribution in [0.2, 0.25) is 0 Å². The van der Waals surface area contributed by atoms with Gasteiger partial charge in [-0.05, 0) is 36.8 Å². The average Bonchev–Trinajstić information content (AvgIpc) is 2.54. The van der Waals surface area contributed by atoms with Gasteiger partial charge in [-0.1, -0.05) is 12.1 Å². The van der Waals surface area contributed by atoms with Gasteiger partial charge in [0.05, 0.1) is 11.9 Å². The second-order valence-electron chi connectivity index (χ2n) is 5.45. The first-order chi connectivity index (χ1) is 12.3. The summed E-state index contributed by atoms with van der Waals surface area (Å²) in [6.07, 6.45) is 1.36. The lowest BCUT2D eigenvalue weighted by molar-refractivity contribution is 0.283. The molecule has 0 amide bonds. The number of hydrazone groups is 1. The van der Waals surface area contributed by atoms with Crippen molar-refractivity contribution < 1.29 is 23.3 Å². The van der Waals surface area contributed by atoms with Crippen LogP contribution in [0.5, 0.6) is 5.75 Å². The van der Waals surface area contributed by atoms with E-state index in [1.165, 1.54) is 18.3 Å². The zero-order valence-electron chi connectivity index (χ0n) is 13.6. The van der Waals surface area contributed by atoms with E-state index in [9.17, 15) is 9.36 Å². The molecule has 0 fully saturated rings. The van der Waals surface area contributed by atoms with Crippen molar-refractivity contribution in [2.45, 2.75) is 6.92 Å². The van der Waals surface area contributed by atoms with Gasteiger partial charge in [0.25, 0.3) is 0 Å². The second-order valence-corrected chi connectivity index (χ2v) is 6.61. The highest BCUT2D eigenvalue weighted by molar-refractivity contribution is 7.46. The molecule has 0 aliphatic heterocycles. The molecule has 3 N–H and O–H groups in total. The van der Waals surface area contributed by atoms with Gasteiger partial charge in [-0.15, -0.1) is 0 Å². The molecule has 2 aromatic carbocycles. The number of benzene rings is 2. The molecule has 134 valence electrons. The number of para-hydroxylation sites is 1. The van der Waals surface area contributed by atoms with Crippen LogP contribution in [-0.2, 0) is 4.57 Å². The van der Waals surface area contributed by atoms with E-state index >= 15 is 0 Å². The molecular weight excluding hydrogens is 359 g/mol. The molecule has 0 spiro atoms. The van der Waals surface area contributed by atoms with Gasteiger partial charge >= 0.3 is 13.4 Å². The summed E-state index contributed by atoms with van der Waals surface area (Å²) in [6, 6.07) is 12.9. The van der Waals surface area contributed by atoms with E-state index < -0.39 is 13.4 Å². The van der Waals surface area contributed by atoms with E-state index in [1.807, 2.05) is 6.92 Å². The summed E-state index contributed by atoms with van der Waals surface area (Å²) in [5, 5.41) is 4.85. The zero-order chi connectivity index (χ0) is 18.7. The monoisotopic (exact) mass is 374 g/mol. The molecule has 1 heterocycles. The van der Waals surface area contributed by atoms with Crippen LogP contribution in [0.3, 0.4) is 0 Å². The number of aryl methyl sites for hydroxylation is 1. The number of hydrogen-bond donors (Lipinski definition) is 3. The average molecular weight is 374 g/mol. The molecule has 0 radical (unpaired) electrons. The lowest BCUT2D eigenvalue weighted by Crippen LogP contribution is -1.99. The van der Waals surface area contributed by atoms with Gasteiger partial charge < -0.3 is 8.94 Å². The van der Waals surface area contributed by atoms with Crippen LogP contribution in [0.25, 0.3) is 11.0 Å². The first-order valence-corrected chi connectivity index (χ1v) is 9.03. The minimum absolute atomic E-state index is 0.00603. The smallest absolute Gasteiger partial charge is 0.423 e. The minimum atomic E-state index is -4.67. The summed E-state index contributed by atoms with van der Waals surface area (Å²) in [4.78, 5) is 29.3. The molecule has 0 atom stereocenters. The molecule has 0 aliphatic rings. The topological polar surface area (TPSA) is 121 Å². The Hall–Kier alpha value is -2.93. The molecule has 8 nitrogen and oxygen atoms in total. The third-order valence-corrected chi connectivity index (χ3v) is 3.92. The number of fused-ring (bicyclic) bond motifs is 1. The molecule has 0 bridgehead atoms. The van der Waals surface area contributed by atoms with Gasteiger partial charge in [-0.25, -0.2) is 9.36 Å². The van der Waals surface area contributed by atoms with Crippen molar-refractivity contribution in [1.29, 1.82) is 0 Å². The molecule has 0 saturated heterocycles. The Balaban J connectivity index is 1.82. The molecule has 3 aromatic rings. The van der Waals surface area contributed by atoms with Gasteiger partial charge in [0.15, 0.2) is 0 Å². The van der Waals surface area contributed by atoms with Crippen LogP contribution < -0.4 is 15.6 Å². The summed E-state index contributed by atoms with van der Waals surface area (Å²) < 4.78 is 20.8. The van der Waals surface area contributed by atoms with Crippen molar-refractivity contribution in [2.24, 2.45) is 5.10 Å². The SMILES string of the molecule is Cc1cc(=O)oc2cc(N/N=C/c3ccccc3OP(=O)(O)O)ccc12. The van der Waals surface area contributed by atoms with Gasteiger partial charge in [-0.2, -0.15) is 5.10 Å². The van der Waals surface area contributed by atoms with Crippen LogP contribution in [0, 0.1) is 6.92 Å². The van der Waals surface area contributed by atoms with Gasteiger partial charge in [0, 0.05) is 23.1 Å². The number of phosphoric ester groups is 1. The van der Waals surface area contributed by atoms with E-state index in [0.717, 1.165) is 10.9 Å². The van der Waals surface area contributed by atoms with Crippen molar-refractivity contribution in [3.63, 3.8) is 0 Å². The first kappa shape index (κ1) is 17.9. The van der Waals surface area contributed by atoms with E-state index in [4.69, 9.17) is 14.2 Å². The van der Waals surface area contributed by atoms with Gasteiger partial charge in [-0.3, -0.25) is 15.2 Å². The highest BCUT2D eigenvalue weighted by Crippen LogP contribution is 2.38. The highest BCUT2D eigenvalue weighted by atomic mass is 31.2. The second kappa shape index (κ2) is 7.13. The van der Waals surface area contributed by atoms with Crippen LogP contribution in [0.4, 0.5) is 5.69 Å². The number of nitrogens with zero attached hydrogens (tertiary/aromatic N) is 1. The third-order valence-electron chi connectivity index (χ3n) is 3.48. The third kappa shape index (κ3) is 4.37. The Morgan fingerprint density at radius 1 is 1.19 bits per heavy atom. The molecule has 0 aliphatic carbocycles. The predicted molar refractivity (Wildman–Crippen MR) is 97.6 cm³/mol. The lowest BCUT2D eigenvalue weighted by Gasteiger charge is -2.09. The minimum Gasteiger partial charge on any atom is -0.423 e. The lowest BCUT2D eigenvalue weighted by atomic mass is 10.1. The fourth-order valence-corrected chi connectivity index (χ4v) is 2.79. The van der Waals surface area contributed by atoms with E-state index in [1.54, 1.807) is 36.4 Å². The molecular formula is C17H15N2O6P. The number of rotatable bonds is 5. The van der Waals surface area contributed by atoms with Crippen molar-refractivity contribution in [2.75, 3.05) is 5.43 Å². The summed E-state index contributed by atoms with van der Waals surface area (Å²) in [7, 11) is -4.67. The maximum absolute atomic E-state index is 11.5. The van der Waals surface area contributed by atoms with Crippen LogP contribution in [0.1, 0.15) is 11.1 Å². The molecule has 1 aromatic heterocycles. The zero-order valence-corrected chi connectivity index (χ0v) is 14.5. The number of nitrogens with one attached hydrogen (secondary N) is 1. The van der Waals surface area contributed by atoms with Crippen molar-refractivity contribution in [3.8, 4) is 5.75 Å². The fourth-order valence-electron chi connectivity index (χ4n) is 2.37. The number of phosphoric acid groups is 1. The van der Waals surface area contributed by atoms with Crippen molar-refractivity contribution in [3.05, 3.63) is 70.1 Å². The standard InChI is InChI=1S/C17H15N2O6P/c1-11-8-17(20)24-16-9-13(6-7-14(11)16)19-18-10-12-4-2-3-5-15(12)25-26(21,22)23/h2-10,19H,1H3,(H2,21,22,23)/b18-10+. The largest absolute Gasteiger partial charge is 0.524 e. The van der Waals surface area contributed by atoms with Crippen LogP contribution >= 0.6 is 7.82 Å². The van der Waals surface area contributed by atoms with Gasteiger partial charge in [0.2, 0.25) is 0 Å². The van der Waals surface area contributed by atoms with Crippen LogP contribution in [0.15, 0.2) is 62.8 Å². The van der Waals surface area contributed by atoms with E-state index in [2.05, 4.69) is 15.1 Å². The summed E-state index contributed by atoms with van der Waals surface area (Å²) in [5.74, 6) is 0.00603. The number of hydrogen-bond acceptors (Lipinski definition) is 6. The Kier molecular flexibility index (Phi) is 4.90. The van der Waals surface area contributed by atoms with Gasteiger partial charge in [0.1, 0.15) is 11.3 Å². The summed E-state index contributed by atoms with van der Waals surface area (Å²) in [5.41, 5.74) is 4.55. The van der Waals surface area contributed by atoms with E-state index in [-0.39, 0.29) is 5.75 Å². The Morgan fingerprint density at radius 3 is 2.73 bits per heavy atom. The Labute approximate surface area is 148 Å². The summed E-state index contributed by atoms with van der Waals surface area (Å²) >= 11 is 0. The van der Waals surface area contributed by atoms with E-state index in [0.29, 0.717) is 16.8 Å². The quantitative estimate of drug-likeness (QED) is 0.272. The fraction of sp³-hybridized carbons (Fsp3) is 0.0588. The van der Waals surface area contributed by atoms with Crippen LogP contribution in [-0.4, -0.2) is 16.0 Å². The molecule has 0 saturated carbocycles. The Bertz CT molecular complexity index is 1090. The van der Waals surface area contributed by atoms with Crippen molar-refractivity contribution >= 4 is 30.7 Å². The normalized spacial score (nSPS) is 11.8. The highest BCUT2D eigenvalue weighted by Gasteiger charge is 2.17. The number of anilines is 1.